The van der Waals surface area contributed by atoms with Gasteiger partial charge in [-0.3, -0.25) is 9.69 Å². The molecule has 0 saturated heterocycles. The second-order valence-electron chi connectivity index (χ2n) is 6.10. The van der Waals surface area contributed by atoms with Gasteiger partial charge in [0.1, 0.15) is 5.82 Å². The smallest absolute Gasteiger partial charge is 0.266 e. The Kier molecular flexibility index (Phi) is 4.38. The number of hydrogen-bond acceptors (Lipinski definition) is 4. The van der Waals surface area contributed by atoms with Gasteiger partial charge in [-0.05, 0) is 42.1 Å². The molecule has 0 spiro atoms. The summed E-state index contributed by atoms with van der Waals surface area (Å²) >= 11 is 1.42. The van der Waals surface area contributed by atoms with Crippen molar-refractivity contribution in [3.05, 3.63) is 52.4 Å². The zero-order chi connectivity index (χ0) is 17.2. The molecule has 0 saturated carbocycles. The first-order valence-corrected chi connectivity index (χ1v) is 9.37. The van der Waals surface area contributed by atoms with E-state index >= 15 is 0 Å². The summed E-state index contributed by atoms with van der Waals surface area (Å²) in [6.07, 6.45) is 5.33. The Morgan fingerprint density at radius 2 is 2.32 bits per heavy atom. The van der Waals surface area contributed by atoms with E-state index in [4.69, 9.17) is 0 Å². The van der Waals surface area contributed by atoms with Crippen molar-refractivity contribution in [1.29, 1.82) is 0 Å². The molecule has 1 aliphatic rings. The maximum Gasteiger partial charge on any atom is 0.266 e. The molecule has 0 aromatic carbocycles. The molecule has 128 valence electrons. The highest BCUT2D eigenvalue weighted by molar-refractivity contribution is 7.12. The Morgan fingerprint density at radius 3 is 3.04 bits per heavy atom. The monoisotopic (exact) mass is 352 g/mol. The summed E-state index contributed by atoms with van der Waals surface area (Å²) in [4.78, 5) is 23.3. The molecule has 3 aromatic heterocycles. The van der Waals surface area contributed by atoms with Gasteiger partial charge in [0.15, 0.2) is 0 Å². The zero-order valence-corrected chi connectivity index (χ0v) is 14.9. The first kappa shape index (κ1) is 16.1. The molecule has 6 heteroatoms. The quantitative estimate of drug-likeness (QED) is 0.746. The van der Waals surface area contributed by atoms with E-state index in [9.17, 15) is 4.79 Å². The molecular formula is C19H20N4OS. The van der Waals surface area contributed by atoms with Crippen LogP contribution in [0.15, 0.2) is 41.9 Å². The van der Waals surface area contributed by atoms with E-state index in [0.29, 0.717) is 10.7 Å². The van der Waals surface area contributed by atoms with Crippen LogP contribution in [0.25, 0.3) is 16.6 Å². The molecule has 0 aliphatic carbocycles. The van der Waals surface area contributed by atoms with E-state index in [0.717, 1.165) is 42.7 Å². The fourth-order valence-corrected chi connectivity index (χ4v) is 3.76. The van der Waals surface area contributed by atoms with Crippen LogP contribution >= 0.6 is 11.3 Å². The molecule has 1 amide bonds. The van der Waals surface area contributed by atoms with Crippen molar-refractivity contribution in [3.63, 3.8) is 0 Å². The maximum absolute atomic E-state index is 12.2. The van der Waals surface area contributed by atoms with Crippen molar-refractivity contribution < 1.29 is 4.79 Å². The van der Waals surface area contributed by atoms with Crippen LogP contribution in [0.1, 0.15) is 28.6 Å². The van der Waals surface area contributed by atoms with Gasteiger partial charge in [-0.25, -0.2) is 4.98 Å². The van der Waals surface area contributed by atoms with Crippen LogP contribution in [-0.2, 0) is 0 Å². The molecule has 0 fully saturated rings. The number of amides is 1. The Balaban J connectivity index is 1.62. The standard InChI is InChI=1S/C19H20N4OS/c1-2-23-9-7-13(8-10-23)14-12-20-15-5-6-17(21-18(14)15)22-19(24)16-4-3-11-25-16/h3-7,11-12,20H,2,8-10H2,1H3,(H,21,22,24). The van der Waals surface area contributed by atoms with Crippen molar-refractivity contribution in [2.45, 2.75) is 13.3 Å². The number of rotatable bonds is 4. The van der Waals surface area contributed by atoms with Gasteiger partial charge >= 0.3 is 0 Å². The molecule has 1 aliphatic heterocycles. The predicted octanol–water partition coefficient (Wildman–Crippen LogP) is 3.99. The number of hydrogen-bond donors (Lipinski definition) is 2. The number of aromatic nitrogens is 2. The summed E-state index contributed by atoms with van der Waals surface area (Å²) in [6, 6.07) is 7.49. The van der Waals surface area contributed by atoms with Crippen molar-refractivity contribution >= 4 is 39.7 Å². The summed E-state index contributed by atoms with van der Waals surface area (Å²) in [5, 5.41) is 4.79. The molecule has 2 N–H and O–H groups in total. The first-order chi connectivity index (χ1) is 12.2. The molecule has 25 heavy (non-hydrogen) atoms. The summed E-state index contributed by atoms with van der Waals surface area (Å²) < 4.78 is 0. The van der Waals surface area contributed by atoms with Crippen LogP contribution in [0, 0.1) is 0 Å². The fraction of sp³-hybridized carbons (Fsp3) is 0.263. The number of thiophene rings is 1. The fourth-order valence-electron chi connectivity index (χ4n) is 3.14. The van der Waals surface area contributed by atoms with E-state index in [2.05, 4.69) is 33.2 Å². The largest absolute Gasteiger partial charge is 0.359 e. The lowest BCUT2D eigenvalue weighted by Crippen LogP contribution is -2.27. The summed E-state index contributed by atoms with van der Waals surface area (Å²) in [7, 11) is 0. The molecule has 3 aromatic rings. The van der Waals surface area contributed by atoms with Gasteiger partial charge in [-0.1, -0.05) is 19.1 Å². The second-order valence-corrected chi connectivity index (χ2v) is 7.05. The molecule has 0 radical (unpaired) electrons. The highest BCUT2D eigenvalue weighted by atomic mass is 32.1. The highest BCUT2D eigenvalue weighted by Crippen LogP contribution is 2.29. The Hall–Kier alpha value is -2.44. The third kappa shape index (κ3) is 3.23. The van der Waals surface area contributed by atoms with Crippen molar-refractivity contribution in [3.8, 4) is 0 Å². The van der Waals surface area contributed by atoms with Gasteiger partial charge in [0.2, 0.25) is 0 Å². The molecule has 0 unspecified atom stereocenters. The van der Waals surface area contributed by atoms with Gasteiger partial charge in [0.25, 0.3) is 5.91 Å². The van der Waals surface area contributed by atoms with E-state index in [-0.39, 0.29) is 5.91 Å². The van der Waals surface area contributed by atoms with Crippen molar-refractivity contribution in [1.82, 2.24) is 14.9 Å². The average molecular weight is 352 g/mol. The van der Waals surface area contributed by atoms with Crippen LogP contribution in [-0.4, -0.2) is 40.4 Å². The third-order valence-corrected chi connectivity index (χ3v) is 5.46. The summed E-state index contributed by atoms with van der Waals surface area (Å²) in [6.45, 7) is 5.32. The van der Waals surface area contributed by atoms with E-state index in [1.54, 1.807) is 0 Å². The lowest BCUT2D eigenvalue weighted by atomic mass is 10.0. The molecule has 0 bridgehead atoms. The number of nitrogens with zero attached hydrogens (tertiary/aromatic N) is 2. The molecule has 5 nitrogen and oxygen atoms in total. The predicted molar refractivity (Wildman–Crippen MR) is 103 cm³/mol. The van der Waals surface area contributed by atoms with E-state index < -0.39 is 0 Å². The van der Waals surface area contributed by atoms with Crippen molar-refractivity contribution in [2.24, 2.45) is 0 Å². The number of pyridine rings is 1. The van der Waals surface area contributed by atoms with Gasteiger partial charge < -0.3 is 10.3 Å². The van der Waals surface area contributed by atoms with Gasteiger partial charge in [-0.2, -0.15) is 0 Å². The number of carbonyl (C=O) groups is 1. The Morgan fingerprint density at radius 1 is 1.40 bits per heavy atom. The molecule has 4 rings (SSSR count). The number of aromatic amines is 1. The van der Waals surface area contributed by atoms with Crippen LogP contribution in [0.2, 0.25) is 0 Å². The number of carbonyl (C=O) groups excluding carboxylic acids is 1. The van der Waals surface area contributed by atoms with E-state index in [1.807, 2.05) is 35.8 Å². The lowest BCUT2D eigenvalue weighted by molar-refractivity contribution is 0.103. The molecule has 4 heterocycles. The Bertz CT molecular complexity index is 926. The molecular weight excluding hydrogens is 332 g/mol. The topological polar surface area (TPSA) is 61.0 Å². The maximum atomic E-state index is 12.2. The number of H-pyrrole nitrogens is 1. The highest BCUT2D eigenvalue weighted by Gasteiger charge is 2.16. The van der Waals surface area contributed by atoms with Gasteiger partial charge in [0, 0.05) is 24.8 Å². The third-order valence-electron chi connectivity index (χ3n) is 4.60. The molecule has 0 atom stereocenters. The normalized spacial score (nSPS) is 15.3. The second kappa shape index (κ2) is 6.82. The SMILES string of the molecule is CCN1CC=C(c2c[nH]c3ccc(NC(=O)c4cccs4)nc23)CC1. The van der Waals surface area contributed by atoms with Crippen LogP contribution in [0.5, 0.6) is 0 Å². The lowest BCUT2D eigenvalue weighted by Gasteiger charge is -2.24. The first-order valence-electron chi connectivity index (χ1n) is 8.49. The summed E-state index contributed by atoms with van der Waals surface area (Å²) in [5.74, 6) is 0.466. The van der Waals surface area contributed by atoms with Crippen LogP contribution in [0.4, 0.5) is 5.82 Å². The minimum atomic E-state index is -0.116. The zero-order valence-electron chi connectivity index (χ0n) is 14.1. The minimum Gasteiger partial charge on any atom is -0.359 e. The number of anilines is 1. The van der Waals surface area contributed by atoms with Crippen molar-refractivity contribution in [2.75, 3.05) is 25.0 Å². The summed E-state index contributed by atoms with van der Waals surface area (Å²) in [5.41, 5.74) is 4.37. The van der Waals surface area contributed by atoms with Crippen LogP contribution < -0.4 is 5.32 Å². The minimum absolute atomic E-state index is 0.116. The Labute approximate surface area is 150 Å². The number of likely N-dealkylation sites (N-methyl/N-ethyl adjacent to an activating group) is 1. The average Bonchev–Trinajstić information content (AvgIpc) is 3.31. The number of fused-ring (bicyclic) bond motifs is 1. The van der Waals surface area contributed by atoms with Gasteiger partial charge in [0.05, 0.1) is 15.9 Å². The number of nitrogens with one attached hydrogen (secondary N) is 2. The van der Waals surface area contributed by atoms with Crippen LogP contribution in [0.3, 0.4) is 0 Å². The van der Waals surface area contributed by atoms with E-state index in [1.165, 1.54) is 16.9 Å². The van der Waals surface area contributed by atoms with Gasteiger partial charge in [-0.15, -0.1) is 11.3 Å².